The number of nitrogens with one attached hydrogen (secondary N) is 6. The summed E-state index contributed by atoms with van der Waals surface area (Å²) in [5.41, 5.74) is -3.06. The minimum absolute atomic E-state index is 0.00893. The summed E-state index contributed by atoms with van der Waals surface area (Å²) in [4.78, 5) is 94.0. The lowest BCUT2D eigenvalue weighted by Crippen LogP contribution is -2.43. The minimum Gasteiger partial charge on any atom is -0.493 e. The van der Waals surface area contributed by atoms with Gasteiger partial charge in [-0.2, -0.15) is 0 Å². The molecule has 0 spiro atoms. The van der Waals surface area contributed by atoms with Crippen LogP contribution in [0.4, 0.5) is 0 Å². The highest BCUT2D eigenvalue weighted by molar-refractivity contribution is 6.16. The van der Waals surface area contributed by atoms with E-state index in [1.165, 1.54) is 231 Å². The van der Waals surface area contributed by atoms with E-state index in [0.717, 1.165) is 126 Å². The molecule has 0 aliphatic heterocycles. The third kappa shape index (κ3) is 55.8. The summed E-state index contributed by atoms with van der Waals surface area (Å²) < 4.78 is 55.3. The van der Waals surface area contributed by atoms with Gasteiger partial charge in [0.25, 0.3) is 35.4 Å². The van der Waals surface area contributed by atoms with E-state index in [2.05, 4.69) is 73.4 Å². The molecule has 0 unspecified atom stereocenters. The molecule has 0 saturated heterocycles. The molecule has 4 aromatic carbocycles. The van der Waals surface area contributed by atoms with Crippen molar-refractivity contribution in [3.8, 4) is 46.0 Å². The number of unbranched alkanes of at least 4 members (excludes halogenated alkanes) is 54. The van der Waals surface area contributed by atoms with Crippen LogP contribution < -0.4 is 69.8 Å². The number of hydrogen-bond donors (Lipinski definition) is 6. The average molecular weight is 1990 g/mol. The fraction of sp³-hybridized carbons (Fsp3) is 0.770. The van der Waals surface area contributed by atoms with Gasteiger partial charge < -0.3 is 69.8 Å². The van der Waals surface area contributed by atoms with Gasteiger partial charge in [-0.05, 0) is 152 Å². The van der Waals surface area contributed by atoms with Gasteiger partial charge in [0.05, 0.1) is 58.2 Å². The summed E-state index contributed by atoms with van der Waals surface area (Å²) in [5, 5.41) is 20.9. The highest BCUT2D eigenvalue weighted by Crippen LogP contribution is 2.48. The van der Waals surface area contributed by atoms with Gasteiger partial charge in [0.15, 0.2) is 34.5 Å². The highest BCUT2D eigenvalue weighted by atomic mass is 16.5. The van der Waals surface area contributed by atoms with Gasteiger partial charge in [-0.25, -0.2) is 0 Å². The zero-order valence-electron chi connectivity index (χ0n) is 94.1. The molecule has 0 heterocycles. The van der Waals surface area contributed by atoms with E-state index in [0.29, 0.717) is 62.9 Å². The molecule has 0 aromatic heterocycles. The van der Waals surface area contributed by atoms with Crippen LogP contribution in [0.15, 0.2) is 36.4 Å². The molecule has 4 rings (SSSR count). The number of carbonyl (C=O) groups excluding carboxylic acids is 6. The molecule has 6 amide bonds. The zero-order chi connectivity index (χ0) is 104. The van der Waals surface area contributed by atoms with Crippen LogP contribution in [0.1, 0.15) is 585 Å². The normalized spacial score (nSPS) is 11.8. The Morgan fingerprint density at radius 1 is 0.197 bits per heavy atom. The van der Waals surface area contributed by atoms with Gasteiger partial charge >= 0.3 is 0 Å². The standard InChI is InChI=1S/C122H210N6O14/c1-19-25-31-37-43-49-55-61-67-73-89-137-107-101(108(138-90-74-68-62-56-50-44-38-32-26-20-2)104(116(132)126-120(10,11)12)111(103(107)115(131)125-119(7,8)9)141-93-77-71-65-59-53-47-41-35-29-23-5)113(129)123-87-81-95-135-98-85-79-83-97-84-80-86-99(100(97)98)136-96-82-88-124-114(130)102-109(139-91-75-69-63-57-51-45-39-33-27-21-3)105(117(133)127-121(13,14)15)112(142-94-78-72-66-60-54-48-42-36-30-24-6)106(118(134)128-122(16,17)18)110(102)140-92-76-70-64-58-52-46-40-34-28-22-4/h79-80,83-86H,19-78,81-82,87-96H2,1-18H3,(H,123,129)(H,124,130)(H,125,131)(H,126,132)(H,127,133)(H,128,134). The van der Waals surface area contributed by atoms with Crippen molar-refractivity contribution in [2.45, 2.75) is 545 Å². The smallest absolute Gasteiger partial charge is 0.259 e. The largest absolute Gasteiger partial charge is 0.493 e. The van der Waals surface area contributed by atoms with E-state index in [1.54, 1.807) is 0 Å². The SMILES string of the molecule is CCCCCCCCCCCCOc1c(C(=O)NCCCOc2cccc3cccc(OCCCNC(=O)c4c(OCCCCCCCCCCCC)c(C(=O)NC(C)(C)C)c(OCCCCCCCCCCCC)c(C(=O)NC(C)(C)C)c4OCCCCCCCCCCCC)c23)c(OCCCCCCCCCCCC)c(C(=O)NC(C)(C)C)c(OCCCCCCCCCCCC)c1C(=O)NC(C)(C)C. The predicted molar refractivity (Wildman–Crippen MR) is 595 cm³/mol. The summed E-state index contributed by atoms with van der Waals surface area (Å²) in [6, 6.07) is 11.7. The zero-order valence-corrected chi connectivity index (χ0v) is 94.1. The van der Waals surface area contributed by atoms with Gasteiger partial charge in [0.1, 0.15) is 44.9 Å². The van der Waals surface area contributed by atoms with E-state index >= 15 is 28.8 Å². The van der Waals surface area contributed by atoms with Gasteiger partial charge in [-0.1, -0.05) is 413 Å². The maximum atomic E-state index is 15.9. The van der Waals surface area contributed by atoms with Crippen LogP contribution in [0.3, 0.4) is 0 Å². The molecule has 6 N–H and O–H groups in total. The van der Waals surface area contributed by atoms with Crippen molar-refractivity contribution >= 4 is 46.2 Å². The topological polar surface area (TPSA) is 248 Å². The Labute approximate surface area is 866 Å². The molecule has 4 aromatic rings. The molecule has 142 heavy (non-hydrogen) atoms. The van der Waals surface area contributed by atoms with Crippen LogP contribution in [0, 0.1) is 0 Å². The number of benzene rings is 4. The molecular formula is C122H210N6O14. The second kappa shape index (κ2) is 76.9. The first kappa shape index (κ1) is 127. The lowest BCUT2D eigenvalue weighted by molar-refractivity contribution is 0.0878. The van der Waals surface area contributed by atoms with Crippen molar-refractivity contribution in [2.75, 3.05) is 65.9 Å². The molecule has 0 aliphatic rings. The Bertz CT molecular complexity index is 3630. The summed E-state index contributed by atoms with van der Waals surface area (Å²) in [5.74, 6) is -1.90. The number of carbonyl (C=O) groups is 6. The lowest BCUT2D eigenvalue weighted by atomic mass is 9.96. The summed E-state index contributed by atoms with van der Waals surface area (Å²) in [7, 11) is 0. The minimum atomic E-state index is -0.743. The summed E-state index contributed by atoms with van der Waals surface area (Å²) in [6.07, 6.45) is 67.5. The van der Waals surface area contributed by atoms with Crippen molar-refractivity contribution < 1.29 is 66.7 Å². The molecule has 0 aliphatic carbocycles. The quantitative estimate of drug-likeness (QED) is 0.0225. The highest BCUT2D eigenvalue weighted by Gasteiger charge is 2.41. The Morgan fingerprint density at radius 3 is 0.521 bits per heavy atom. The van der Waals surface area contributed by atoms with Crippen LogP contribution in [0.5, 0.6) is 46.0 Å². The van der Waals surface area contributed by atoms with Crippen molar-refractivity contribution in [1.29, 1.82) is 0 Å². The van der Waals surface area contributed by atoms with Crippen molar-refractivity contribution in [2.24, 2.45) is 0 Å². The van der Waals surface area contributed by atoms with Crippen molar-refractivity contribution in [1.82, 2.24) is 31.9 Å². The monoisotopic (exact) mass is 1980 g/mol. The molecule has 20 heteroatoms. The summed E-state index contributed by atoms with van der Waals surface area (Å²) in [6.45, 7) is 38.3. The Kier molecular flexibility index (Phi) is 68.5. The lowest BCUT2D eigenvalue weighted by Gasteiger charge is -2.29. The van der Waals surface area contributed by atoms with E-state index in [1.807, 2.05) is 119 Å². The molecule has 812 valence electrons. The van der Waals surface area contributed by atoms with Gasteiger partial charge in [0, 0.05) is 35.2 Å². The molecule has 0 radical (unpaired) electrons. The third-order valence-electron chi connectivity index (χ3n) is 26.1. The number of ether oxygens (including phenoxy) is 8. The maximum Gasteiger partial charge on any atom is 0.259 e. The first-order chi connectivity index (χ1) is 68.5. The van der Waals surface area contributed by atoms with Crippen LogP contribution in [0.2, 0.25) is 0 Å². The first-order valence-electron chi connectivity index (χ1n) is 58.4. The average Bonchev–Trinajstić information content (AvgIpc) is 0.746. The van der Waals surface area contributed by atoms with Gasteiger partial charge in [0.2, 0.25) is 0 Å². The molecule has 0 saturated carbocycles. The molecule has 0 bridgehead atoms. The molecule has 20 nitrogen and oxygen atoms in total. The molecule has 0 atom stereocenters. The van der Waals surface area contributed by atoms with Crippen molar-refractivity contribution in [3.05, 3.63) is 69.8 Å². The second-order valence-corrected chi connectivity index (χ2v) is 44.8. The van der Waals surface area contributed by atoms with E-state index < -0.39 is 57.6 Å². The fourth-order valence-corrected chi connectivity index (χ4v) is 18.3. The fourth-order valence-electron chi connectivity index (χ4n) is 18.3. The van der Waals surface area contributed by atoms with Crippen LogP contribution in [-0.2, 0) is 0 Å². The number of hydrogen-bond acceptors (Lipinski definition) is 14. The number of rotatable bonds is 88. The number of amides is 6. The molecular weight excluding hydrogens is 1770 g/mol. The van der Waals surface area contributed by atoms with E-state index in [9.17, 15) is 0 Å². The van der Waals surface area contributed by atoms with Gasteiger partial charge in [-0.3, -0.25) is 28.8 Å². The number of fused-ring (bicyclic) bond motifs is 1. The predicted octanol–water partition coefficient (Wildman–Crippen LogP) is 33.1. The third-order valence-corrected chi connectivity index (χ3v) is 26.1. The Morgan fingerprint density at radius 2 is 0.352 bits per heavy atom. The van der Waals surface area contributed by atoms with E-state index in [-0.39, 0.29) is 134 Å². The Hall–Kier alpha value is -7.64. The first-order valence-corrected chi connectivity index (χ1v) is 58.4. The van der Waals surface area contributed by atoms with Crippen molar-refractivity contribution in [3.63, 3.8) is 0 Å². The van der Waals surface area contributed by atoms with E-state index in [4.69, 9.17) is 37.9 Å². The second-order valence-electron chi connectivity index (χ2n) is 44.8. The summed E-state index contributed by atoms with van der Waals surface area (Å²) >= 11 is 0. The Balaban J connectivity index is 1.82. The van der Waals surface area contributed by atoms with Crippen LogP contribution >= 0.6 is 0 Å². The van der Waals surface area contributed by atoms with Gasteiger partial charge in [-0.15, -0.1) is 0 Å². The molecule has 0 fully saturated rings. The maximum absolute atomic E-state index is 15.9. The van der Waals surface area contributed by atoms with Crippen LogP contribution in [-0.4, -0.2) is 124 Å². The van der Waals surface area contributed by atoms with Crippen LogP contribution in [0.25, 0.3) is 10.8 Å².